The number of hydrogen-bond donors (Lipinski definition) is 1. The van der Waals surface area contributed by atoms with E-state index in [9.17, 15) is 0 Å². The molecule has 88 valence electrons. The Labute approximate surface area is 124 Å². The van der Waals surface area contributed by atoms with Gasteiger partial charge < -0.3 is 5.32 Å². The first-order chi connectivity index (χ1) is 8.15. The lowest BCUT2D eigenvalue weighted by Crippen LogP contribution is -1.99. The third kappa shape index (κ3) is 3.71. The minimum Gasteiger partial charge on any atom is -0.381 e. The van der Waals surface area contributed by atoms with Crippen molar-refractivity contribution in [3.8, 4) is 0 Å². The molecule has 0 aliphatic rings. The Morgan fingerprint density at radius 3 is 2.47 bits per heavy atom. The molecule has 0 aliphatic heterocycles. The quantitative estimate of drug-likeness (QED) is 0.715. The Bertz CT molecular complexity index is 508. The highest BCUT2D eigenvalue weighted by Gasteiger charge is 1.97. The summed E-state index contributed by atoms with van der Waals surface area (Å²) in [6.07, 6.45) is 0. The molecule has 0 amide bonds. The second-order valence-electron chi connectivity index (χ2n) is 3.94. The number of benzene rings is 2. The second-order valence-corrected chi connectivity index (χ2v) is 6.02. The first-order valence-electron chi connectivity index (χ1n) is 5.39. The molecular weight excluding hydrogens is 389 g/mol. The molecule has 0 bridgehead atoms. The van der Waals surface area contributed by atoms with Crippen LogP contribution in [0.3, 0.4) is 0 Å². The maximum absolute atomic E-state index is 3.44. The molecule has 0 saturated heterocycles. The first kappa shape index (κ1) is 12.9. The van der Waals surface area contributed by atoms with Crippen molar-refractivity contribution < 1.29 is 0 Å². The van der Waals surface area contributed by atoms with Gasteiger partial charge in [0, 0.05) is 20.3 Å². The molecule has 0 unspecified atom stereocenters. The molecule has 0 atom stereocenters. The summed E-state index contributed by atoms with van der Waals surface area (Å²) >= 11 is 5.80. The molecule has 0 aliphatic carbocycles. The van der Waals surface area contributed by atoms with Crippen molar-refractivity contribution >= 4 is 44.2 Å². The summed E-state index contributed by atoms with van der Waals surface area (Å²) in [6.45, 7) is 2.98. The van der Waals surface area contributed by atoms with Crippen LogP contribution in [0, 0.1) is 10.5 Å². The van der Waals surface area contributed by atoms with Crippen molar-refractivity contribution in [3.05, 3.63) is 61.6 Å². The van der Waals surface area contributed by atoms with Gasteiger partial charge in [0.05, 0.1) is 0 Å². The van der Waals surface area contributed by atoms with Gasteiger partial charge in [0.15, 0.2) is 0 Å². The minimum atomic E-state index is 0.854. The average molecular weight is 402 g/mol. The topological polar surface area (TPSA) is 12.0 Å². The first-order valence-corrected chi connectivity index (χ1v) is 7.27. The summed E-state index contributed by atoms with van der Waals surface area (Å²) < 4.78 is 2.41. The van der Waals surface area contributed by atoms with Crippen LogP contribution in [-0.4, -0.2) is 0 Å². The molecule has 2 aromatic carbocycles. The van der Waals surface area contributed by atoms with Crippen LogP contribution >= 0.6 is 38.5 Å². The molecule has 1 nitrogen and oxygen atoms in total. The smallest absolute Gasteiger partial charge is 0.0400 e. The lowest BCUT2D eigenvalue weighted by atomic mass is 10.2. The third-order valence-corrected chi connectivity index (χ3v) is 4.27. The highest BCUT2D eigenvalue weighted by Crippen LogP contribution is 2.18. The van der Waals surface area contributed by atoms with Crippen LogP contribution in [0.25, 0.3) is 0 Å². The number of aryl methyl sites for hydroxylation is 1. The van der Waals surface area contributed by atoms with Crippen LogP contribution in [0.1, 0.15) is 11.1 Å². The molecule has 0 saturated carbocycles. The lowest BCUT2D eigenvalue weighted by Gasteiger charge is -2.08. The summed E-state index contributed by atoms with van der Waals surface area (Å²) in [5, 5.41) is 3.43. The molecule has 2 rings (SSSR count). The van der Waals surface area contributed by atoms with Gasteiger partial charge >= 0.3 is 0 Å². The monoisotopic (exact) mass is 401 g/mol. The molecular formula is C14H13BrIN. The zero-order chi connectivity index (χ0) is 12.3. The maximum Gasteiger partial charge on any atom is 0.0400 e. The van der Waals surface area contributed by atoms with Crippen LogP contribution < -0.4 is 5.32 Å². The Kier molecular flexibility index (Phi) is 4.45. The predicted molar refractivity (Wildman–Crippen MR) is 85.4 cm³/mol. The van der Waals surface area contributed by atoms with Crippen molar-refractivity contribution in [2.24, 2.45) is 0 Å². The largest absolute Gasteiger partial charge is 0.381 e. The van der Waals surface area contributed by atoms with Crippen molar-refractivity contribution in [1.29, 1.82) is 0 Å². The van der Waals surface area contributed by atoms with E-state index in [1.165, 1.54) is 20.4 Å². The van der Waals surface area contributed by atoms with E-state index in [1.54, 1.807) is 0 Å². The number of halogens is 2. The number of rotatable bonds is 3. The van der Waals surface area contributed by atoms with E-state index in [1.807, 2.05) is 0 Å². The van der Waals surface area contributed by atoms with Gasteiger partial charge in [0.1, 0.15) is 0 Å². The zero-order valence-corrected chi connectivity index (χ0v) is 13.2. The molecule has 0 radical (unpaired) electrons. The molecule has 0 heterocycles. The molecule has 1 N–H and O–H groups in total. The fourth-order valence-corrected chi connectivity index (χ4v) is 2.29. The van der Waals surface area contributed by atoms with Gasteiger partial charge in [-0.3, -0.25) is 0 Å². The Balaban J connectivity index is 2.02. The standard InChI is InChI=1S/C14H13BrIN/c1-10-2-7-13(8-14(10)16)17-9-11-3-5-12(15)6-4-11/h2-8,17H,9H2,1H3. The van der Waals surface area contributed by atoms with E-state index in [0.29, 0.717) is 0 Å². The van der Waals surface area contributed by atoms with Crippen molar-refractivity contribution in [1.82, 2.24) is 0 Å². The molecule has 2 aromatic rings. The summed E-state index contributed by atoms with van der Waals surface area (Å²) in [5.74, 6) is 0. The van der Waals surface area contributed by atoms with Gasteiger partial charge in [-0.1, -0.05) is 34.1 Å². The van der Waals surface area contributed by atoms with Crippen LogP contribution in [0.4, 0.5) is 5.69 Å². The van der Waals surface area contributed by atoms with Gasteiger partial charge in [-0.2, -0.15) is 0 Å². The van der Waals surface area contributed by atoms with Gasteiger partial charge in [0.2, 0.25) is 0 Å². The SMILES string of the molecule is Cc1ccc(NCc2ccc(Br)cc2)cc1I. The maximum atomic E-state index is 3.44. The summed E-state index contributed by atoms with van der Waals surface area (Å²) in [6, 6.07) is 14.8. The van der Waals surface area contributed by atoms with E-state index in [-0.39, 0.29) is 0 Å². The van der Waals surface area contributed by atoms with Gasteiger partial charge in [0.25, 0.3) is 0 Å². The Morgan fingerprint density at radius 1 is 1.12 bits per heavy atom. The van der Waals surface area contributed by atoms with E-state index in [2.05, 4.69) is 93.2 Å². The van der Waals surface area contributed by atoms with E-state index < -0.39 is 0 Å². The van der Waals surface area contributed by atoms with Crippen LogP contribution in [-0.2, 0) is 6.54 Å². The highest BCUT2D eigenvalue weighted by molar-refractivity contribution is 14.1. The van der Waals surface area contributed by atoms with Gasteiger partial charge in [-0.25, -0.2) is 0 Å². The van der Waals surface area contributed by atoms with Crippen LogP contribution in [0.5, 0.6) is 0 Å². The molecule has 17 heavy (non-hydrogen) atoms. The highest BCUT2D eigenvalue weighted by atomic mass is 127. The fraction of sp³-hybridized carbons (Fsp3) is 0.143. The van der Waals surface area contributed by atoms with Crippen molar-refractivity contribution in [2.75, 3.05) is 5.32 Å². The predicted octanol–water partition coefficient (Wildman–Crippen LogP) is 4.97. The van der Waals surface area contributed by atoms with E-state index >= 15 is 0 Å². The number of nitrogens with one attached hydrogen (secondary N) is 1. The normalized spacial score (nSPS) is 10.3. The lowest BCUT2D eigenvalue weighted by molar-refractivity contribution is 1.14. The Morgan fingerprint density at radius 2 is 1.82 bits per heavy atom. The number of hydrogen-bond acceptors (Lipinski definition) is 1. The number of anilines is 1. The van der Waals surface area contributed by atoms with E-state index in [4.69, 9.17) is 0 Å². The summed E-state index contributed by atoms with van der Waals surface area (Å²) in [5.41, 5.74) is 3.77. The van der Waals surface area contributed by atoms with Crippen LogP contribution in [0.15, 0.2) is 46.9 Å². The fourth-order valence-electron chi connectivity index (χ4n) is 1.51. The Hall–Kier alpha value is -0.550. The second kappa shape index (κ2) is 5.87. The molecule has 0 spiro atoms. The van der Waals surface area contributed by atoms with E-state index in [0.717, 1.165) is 11.0 Å². The average Bonchev–Trinajstić information content (AvgIpc) is 2.33. The van der Waals surface area contributed by atoms with Crippen LogP contribution in [0.2, 0.25) is 0 Å². The van der Waals surface area contributed by atoms with Crippen molar-refractivity contribution in [2.45, 2.75) is 13.5 Å². The zero-order valence-electron chi connectivity index (χ0n) is 9.50. The van der Waals surface area contributed by atoms with Gasteiger partial charge in [-0.15, -0.1) is 0 Å². The van der Waals surface area contributed by atoms with Gasteiger partial charge in [-0.05, 0) is 64.9 Å². The molecule has 3 heteroatoms. The third-order valence-electron chi connectivity index (χ3n) is 2.58. The summed E-state index contributed by atoms with van der Waals surface area (Å²) in [7, 11) is 0. The summed E-state index contributed by atoms with van der Waals surface area (Å²) in [4.78, 5) is 0. The minimum absolute atomic E-state index is 0.854. The molecule has 0 fully saturated rings. The molecule has 0 aromatic heterocycles. The van der Waals surface area contributed by atoms with Crippen molar-refractivity contribution in [3.63, 3.8) is 0 Å².